The van der Waals surface area contributed by atoms with Crippen LogP contribution in [0.2, 0.25) is 5.02 Å². The molecule has 0 saturated heterocycles. The van der Waals surface area contributed by atoms with Gasteiger partial charge < -0.3 is 14.6 Å². The largest absolute Gasteiger partial charge is 0.495 e. The number of hydrogen-bond acceptors (Lipinski definition) is 4. The number of methoxy groups -OCH3 is 1. The summed E-state index contributed by atoms with van der Waals surface area (Å²) in [6.07, 6.45) is 0. The van der Waals surface area contributed by atoms with Gasteiger partial charge in [-0.15, -0.1) is 0 Å². The Morgan fingerprint density at radius 2 is 2.04 bits per heavy atom. The van der Waals surface area contributed by atoms with Gasteiger partial charge in [0, 0.05) is 5.02 Å². The van der Waals surface area contributed by atoms with Crippen LogP contribution in [-0.2, 0) is 4.79 Å². The highest BCUT2D eigenvalue weighted by Crippen LogP contribution is 2.42. The molecule has 0 bridgehead atoms. The number of benzene rings is 2. The van der Waals surface area contributed by atoms with Crippen LogP contribution in [0.4, 0.5) is 11.4 Å². The van der Waals surface area contributed by atoms with Gasteiger partial charge in [-0.3, -0.25) is 9.69 Å². The lowest BCUT2D eigenvalue weighted by molar-refractivity contribution is -0.120. The predicted octanol–water partition coefficient (Wildman–Crippen LogP) is 3.10. The topological polar surface area (TPSA) is 76.1 Å². The molecule has 0 spiro atoms. The van der Waals surface area contributed by atoms with Crippen molar-refractivity contribution in [2.45, 2.75) is 0 Å². The molecule has 23 heavy (non-hydrogen) atoms. The third kappa shape index (κ3) is 2.68. The maximum Gasteiger partial charge on any atom is 0.335 e. The molecule has 7 heteroatoms. The molecule has 1 heterocycles. The number of anilines is 2. The molecular formula is C16H12ClNO5. The van der Waals surface area contributed by atoms with Crippen molar-refractivity contribution in [2.24, 2.45) is 0 Å². The van der Waals surface area contributed by atoms with Crippen molar-refractivity contribution in [3.63, 3.8) is 0 Å². The molecule has 1 aliphatic heterocycles. The Balaban J connectivity index is 2.21. The summed E-state index contributed by atoms with van der Waals surface area (Å²) in [5.41, 5.74) is 0.812. The van der Waals surface area contributed by atoms with Gasteiger partial charge in [0.25, 0.3) is 5.91 Å². The fourth-order valence-corrected chi connectivity index (χ4v) is 2.55. The molecule has 3 rings (SSSR count). The van der Waals surface area contributed by atoms with Crippen LogP contribution in [0.1, 0.15) is 10.4 Å². The SMILES string of the molecule is COc1ccc(Cl)cc1N1C(=O)COc2ccc(C(=O)O)cc21. The van der Waals surface area contributed by atoms with Gasteiger partial charge in [0.2, 0.25) is 0 Å². The molecule has 6 nitrogen and oxygen atoms in total. The van der Waals surface area contributed by atoms with Crippen LogP contribution in [-0.4, -0.2) is 30.7 Å². The molecular weight excluding hydrogens is 322 g/mol. The van der Waals surface area contributed by atoms with Gasteiger partial charge in [-0.05, 0) is 36.4 Å². The van der Waals surface area contributed by atoms with Gasteiger partial charge in [-0.2, -0.15) is 0 Å². The van der Waals surface area contributed by atoms with Crippen LogP contribution in [0.3, 0.4) is 0 Å². The Bertz CT molecular complexity index is 805. The third-order valence-corrected chi connectivity index (χ3v) is 3.66. The first-order valence-electron chi connectivity index (χ1n) is 6.68. The van der Waals surface area contributed by atoms with Crippen molar-refractivity contribution < 1.29 is 24.2 Å². The van der Waals surface area contributed by atoms with E-state index in [1.165, 1.54) is 30.2 Å². The molecule has 0 radical (unpaired) electrons. The number of carboxylic acids is 1. The first-order valence-corrected chi connectivity index (χ1v) is 7.05. The first-order chi connectivity index (χ1) is 11.0. The van der Waals surface area contributed by atoms with Crippen LogP contribution < -0.4 is 14.4 Å². The van der Waals surface area contributed by atoms with Crippen molar-refractivity contribution in [1.82, 2.24) is 0 Å². The van der Waals surface area contributed by atoms with Crippen LogP contribution >= 0.6 is 11.6 Å². The van der Waals surface area contributed by atoms with E-state index in [0.717, 1.165) is 0 Å². The molecule has 0 saturated carbocycles. The summed E-state index contributed by atoms with van der Waals surface area (Å²) in [4.78, 5) is 24.9. The third-order valence-electron chi connectivity index (χ3n) is 3.43. The molecule has 1 aliphatic rings. The number of rotatable bonds is 3. The summed E-state index contributed by atoms with van der Waals surface area (Å²) in [6, 6.07) is 9.19. The number of carboxylic acid groups (broad SMARTS) is 1. The zero-order valence-electron chi connectivity index (χ0n) is 12.1. The van der Waals surface area contributed by atoms with E-state index in [2.05, 4.69) is 0 Å². The van der Waals surface area contributed by atoms with Gasteiger partial charge in [-0.25, -0.2) is 4.79 Å². The van der Waals surface area contributed by atoms with E-state index < -0.39 is 5.97 Å². The highest BCUT2D eigenvalue weighted by Gasteiger charge is 2.30. The summed E-state index contributed by atoms with van der Waals surface area (Å²) in [5, 5.41) is 9.59. The van der Waals surface area contributed by atoms with Crippen molar-refractivity contribution in [3.05, 3.63) is 47.0 Å². The van der Waals surface area contributed by atoms with E-state index in [1.807, 2.05) is 0 Å². The number of carbonyl (C=O) groups is 2. The van der Waals surface area contributed by atoms with E-state index in [1.54, 1.807) is 18.2 Å². The molecule has 0 atom stereocenters. The number of halogens is 1. The Morgan fingerprint density at radius 1 is 1.26 bits per heavy atom. The van der Waals surface area contributed by atoms with Crippen LogP contribution in [0.15, 0.2) is 36.4 Å². The number of fused-ring (bicyclic) bond motifs is 1. The highest BCUT2D eigenvalue weighted by molar-refractivity contribution is 6.31. The lowest BCUT2D eigenvalue weighted by atomic mass is 10.1. The quantitative estimate of drug-likeness (QED) is 0.934. The molecule has 0 aromatic heterocycles. The summed E-state index contributed by atoms with van der Waals surface area (Å²) in [5.74, 6) is -0.586. The fraction of sp³-hybridized carbons (Fsp3) is 0.125. The Morgan fingerprint density at radius 3 is 2.74 bits per heavy atom. The molecule has 1 N–H and O–H groups in total. The zero-order valence-corrected chi connectivity index (χ0v) is 12.8. The van der Waals surface area contributed by atoms with Gasteiger partial charge in [-0.1, -0.05) is 11.6 Å². The predicted molar refractivity (Wildman–Crippen MR) is 84.0 cm³/mol. The monoisotopic (exact) mass is 333 g/mol. The highest BCUT2D eigenvalue weighted by atomic mass is 35.5. The molecule has 0 aliphatic carbocycles. The standard InChI is InChI=1S/C16H12ClNO5/c1-22-13-5-3-10(17)7-12(13)18-11-6-9(16(20)21)2-4-14(11)23-8-15(18)19/h2-7H,8H2,1H3,(H,20,21). The van der Waals surface area contributed by atoms with E-state index in [4.69, 9.17) is 26.2 Å². The number of amides is 1. The molecule has 2 aromatic rings. The molecule has 2 aromatic carbocycles. The second kappa shape index (κ2) is 5.81. The number of nitrogens with zero attached hydrogens (tertiary/aromatic N) is 1. The summed E-state index contributed by atoms with van der Waals surface area (Å²) < 4.78 is 10.7. The minimum Gasteiger partial charge on any atom is -0.495 e. The fourth-order valence-electron chi connectivity index (χ4n) is 2.39. The smallest absolute Gasteiger partial charge is 0.335 e. The maximum absolute atomic E-state index is 12.4. The Labute approximate surface area is 136 Å². The minimum absolute atomic E-state index is 0.0491. The maximum atomic E-state index is 12.4. The summed E-state index contributed by atoms with van der Waals surface area (Å²) in [7, 11) is 1.48. The molecule has 0 unspecified atom stereocenters. The minimum atomic E-state index is -1.09. The average molecular weight is 334 g/mol. The normalized spacial score (nSPS) is 13.3. The Hall–Kier alpha value is -2.73. The number of aromatic carboxylic acids is 1. The Kier molecular flexibility index (Phi) is 3.83. The molecule has 1 amide bonds. The van der Waals surface area contributed by atoms with E-state index in [9.17, 15) is 9.59 Å². The zero-order chi connectivity index (χ0) is 16.6. The number of carbonyl (C=O) groups excluding carboxylic acids is 1. The second-order valence-corrected chi connectivity index (χ2v) is 5.26. The van der Waals surface area contributed by atoms with E-state index >= 15 is 0 Å². The first kappa shape index (κ1) is 15.2. The van der Waals surface area contributed by atoms with Crippen molar-refractivity contribution in [2.75, 3.05) is 18.6 Å². The number of hydrogen-bond donors (Lipinski definition) is 1. The lowest BCUT2D eigenvalue weighted by Gasteiger charge is -2.30. The van der Waals surface area contributed by atoms with Crippen molar-refractivity contribution in [3.8, 4) is 11.5 Å². The van der Waals surface area contributed by atoms with Gasteiger partial charge in [0.15, 0.2) is 6.61 Å². The average Bonchev–Trinajstić information content (AvgIpc) is 2.54. The second-order valence-electron chi connectivity index (χ2n) is 4.82. The lowest BCUT2D eigenvalue weighted by Crippen LogP contribution is -2.35. The van der Waals surface area contributed by atoms with Crippen LogP contribution in [0.25, 0.3) is 0 Å². The number of ether oxygens (including phenoxy) is 2. The van der Waals surface area contributed by atoms with Gasteiger partial charge in [0.05, 0.1) is 24.0 Å². The molecule has 118 valence electrons. The van der Waals surface area contributed by atoms with Crippen LogP contribution in [0.5, 0.6) is 11.5 Å². The van der Waals surface area contributed by atoms with Crippen molar-refractivity contribution >= 4 is 34.9 Å². The van der Waals surface area contributed by atoms with E-state index in [-0.39, 0.29) is 18.1 Å². The van der Waals surface area contributed by atoms with Crippen molar-refractivity contribution in [1.29, 1.82) is 0 Å². The van der Waals surface area contributed by atoms with E-state index in [0.29, 0.717) is 27.9 Å². The summed E-state index contributed by atoms with van der Waals surface area (Å²) in [6.45, 7) is -0.158. The summed E-state index contributed by atoms with van der Waals surface area (Å²) >= 11 is 6.03. The van der Waals surface area contributed by atoms with Gasteiger partial charge >= 0.3 is 5.97 Å². The molecule has 0 fully saturated rings. The van der Waals surface area contributed by atoms with Gasteiger partial charge in [0.1, 0.15) is 11.5 Å². The van der Waals surface area contributed by atoms with Crippen LogP contribution in [0, 0.1) is 0 Å².